The van der Waals surface area contributed by atoms with Gasteiger partial charge in [0.2, 0.25) is 5.91 Å². The van der Waals surface area contributed by atoms with Gasteiger partial charge in [0, 0.05) is 12.0 Å². The van der Waals surface area contributed by atoms with E-state index in [2.05, 4.69) is 10.1 Å². The van der Waals surface area contributed by atoms with Gasteiger partial charge in [-0.05, 0) is 11.1 Å². The zero-order chi connectivity index (χ0) is 16.1. The monoisotopic (exact) mass is 303 g/mol. The zero-order valence-electron chi connectivity index (χ0n) is 12.4. The summed E-state index contributed by atoms with van der Waals surface area (Å²) >= 11 is 0. The number of hydrogen-bond acceptors (Lipinski definition) is 2. The Labute approximate surface area is 122 Å². The molecule has 1 aromatic carbocycles. The average molecular weight is 303 g/mol. The van der Waals surface area contributed by atoms with Gasteiger partial charge in [-0.2, -0.15) is 13.2 Å². The van der Waals surface area contributed by atoms with Crippen molar-refractivity contribution in [3.63, 3.8) is 0 Å². The van der Waals surface area contributed by atoms with Gasteiger partial charge in [0.25, 0.3) is 0 Å². The molecule has 0 unspecified atom stereocenters. The van der Waals surface area contributed by atoms with Gasteiger partial charge in [-0.1, -0.05) is 45.0 Å². The summed E-state index contributed by atoms with van der Waals surface area (Å²) in [6.07, 6.45) is -4.31. The van der Waals surface area contributed by atoms with Gasteiger partial charge in [0.1, 0.15) is 6.61 Å². The summed E-state index contributed by atoms with van der Waals surface area (Å²) in [6, 6.07) is 6.90. The molecule has 118 valence electrons. The number of alkyl halides is 3. The summed E-state index contributed by atoms with van der Waals surface area (Å²) in [5, 5.41) is 2.80. The van der Waals surface area contributed by atoms with Gasteiger partial charge < -0.3 is 10.1 Å². The maximum absolute atomic E-state index is 11.9. The van der Waals surface area contributed by atoms with Crippen LogP contribution in [0.25, 0.3) is 0 Å². The lowest BCUT2D eigenvalue weighted by atomic mass is 9.95. The van der Waals surface area contributed by atoms with Crippen molar-refractivity contribution in [1.29, 1.82) is 0 Å². The molecule has 0 aliphatic carbocycles. The molecule has 0 aromatic heterocycles. The quantitative estimate of drug-likeness (QED) is 0.905. The van der Waals surface area contributed by atoms with Crippen LogP contribution in [0.1, 0.15) is 31.9 Å². The van der Waals surface area contributed by atoms with E-state index in [1.807, 2.05) is 20.8 Å². The molecule has 1 amide bonds. The molecule has 0 spiro atoms. The molecule has 6 heteroatoms. The van der Waals surface area contributed by atoms with Gasteiger partial charge >= 0.3 is 6.18 Å². The first-order chi connectivity index (χ1) is 9.58. The van der Waals surface area contributed by atoms with E-state index in [-0.39, 0.29) is 12.5 Å². The first kappa shape index (κ1) is 17.5. The van der Waals surface area contributed by atoms with E-state index in [0.717, 1.165) is 5.56 Å². The fraction of sp³-hybridized carbons (Fsp3) is 0.533. The molecule has 0 fully saturated rings. The van der Waals surface area contributed by atoms with Gasteiger partial charge in [-0.3, -0.25) is 4.79 Å². The predicted octanol–water partition coefficient (Wildman–Crippen LogP) is 3.43. The van der Waals surface area contributed by atoms with E-state index < -0.39 is 18.2 Å². The van der Waals surface area contributed by atoms with E-state index in [0.29, 0.717) is 12.1 Å². The van der Waals surface area contributed by atoms with Crippen LogP contribution in [0.15, 0.2) is 24.3 Å². The third kappa shape index (κ3) is 7.13. The lowest BCUT2D eigenvalue weighted by Crippen LogP contribution is -2.34. The molecular formula is C15H20F3NO2. The highest BCUT2D eigenvalue weighted by atomic mass is 19.4. The standard InChI is InChI=1S/C15H20F3NO2/c1-14(2,3)13(20)19-8-11-4-6-12(7-5-11)9-21-10-15(16,17)18/h4-7H,8-10H2,1-3H3,(H,19,20). The smallest absolute Gasteiger partial charge is 0.367 e. The Bertz CT molecular complexity index is 461. The molecule has 1 rings (SSSR count). The van der Waals surface area contributed by atoms with Crippen molar-refractivity contribution in [2.45, 2.75) is 40.1 Å². The fourth-order valence-electron chi connectivity index (χ4n) is 1.49. The van der Waals surface area contributed by atoms with Crippen LogP contribution in [0.2, 0.25) is 0 Å². The number of nitrogens with one attached hydrogen (secondary N) is 1. The highest BCUT2D eigenvalue weighted by molar-refractivity contribution is 5.81. The van der Waals surface area contributed by atoms with Crippen LogP contribution in [0, 0.1) is 5.41 Å². The topological polar surface area (TPSA) is 38.3 Å². The van der Waals surface area contributed by atoms with Gasteiger partial charge in [0.05, 0.1) is 6.61 Å². The number of benzene rings is 1. The van der Waals surface area contributed by atoms with E-state index in [1.54, 1.807) is 24.3 Å². The summed E-state index contributed by atoms with van der Waals surface area (Å²) in [7, 11) is 0. The fourth-order valence-corrected chi connectivity index (χ4v) is 1.49. The van der Waals surface area contributed by atoms with Crippen LogP contribution in [0.4, 0.5) is 13.2 Å². The number of halogens is 3. The number of ether oxygens (including phenoxy) is 1. The third-order valence-electron chi connectivity index (χ3n) is 2.69. The van der Waals surface area contributed by atoms with Crippen LogP contribution in [0.3, 0.4) is 0 Å². The molecule has 1 N–H and O–H groups in total. The maximum Gasteiger partial charge on any atom is 0.411 e. The molecular weight excluding hydrogens is 283 g/mol. The summed E-state index contributed by atoms with van der Waals surface area (Å²) in [5.41, 5.74) is 1.09. The van der Waals surface area contributed by atoms with Crippen molar-refractivity contribution < 1.29 is 22.7 Å². The molecule has 0 radical (unpaired) electrons. The number of rotatable bonds is 5. The number of hydrogen-bond donors (Lipinski definition) is 1. The Balaban J connectivity index is 2.42. The Kier molecular flexibility index (Phi) is 5.78. The predicted molar refractivity (Wildman–Crippen MR) is 73.5 cm³/mol. The lowest BCUT2D eigenvalue weighted by molar-refractivity contribution is -0.176. The third-order valence-corrected chi connectivity index (χ3v) is 2.69. The van der Waals surface area contributed by atoms with E-state index >= 15 is 0 Å². The second-order valence-electron chi connectivity index (χ2n) is 5.86. The van der Waals surface area contributed by atoms with Crippen LogP contribution < -0.4 is 5.32 Å². The maximum atomic E-state index is 11.9. The van der Waals surface area contributed by atoms with E-state index in [1.165, 1.54) is 0 Å². The van der Waals surface area contributed by atoms with E-state index in [4.69, 9.17) is 0 Å². The second-order valence-corrected chi connectivity index (χ2v) is 5.86. The molecule has 3 nitrogen and oxygen atoms in total. The molecule has 0 atom stereocenters. The lowest BCUT2D eigenvalue weighted by Gasteiger charge is -2.17. The Hall–Kier alpha value is -1.56. The molecule has 0 saturated carbocycles. The summed E-state index contributed by atoms with van der Waals surface area (Å²) in [6.45, 7) is 4.51. The molecule has 0 saturated heterocycles. The van der Waals surface area contributed by atoms with Crippen molar-refractivity contribution in [1.82, 2.24) is 5.32 Å². The van der Waals surface area contributed by atoms with Crippen molar-refractivity contribution in [3.05, 3.63) is 35.4 Å². The molecule has 21 heavy (non-hydrogen) atoms. The minimum Gasteiger partial charge on any atom is -0.367 e. The number of carbonyl (C=O) groups excluding carboxylic acids is 1. The van der Waals surface area contributed by atoms with Gasteiger partial charge in [0.15, 0.2) is 0 Å². The van der Waals surface area contributed by atoms with Crippen molar-refractivity contribution >= 4 is 5.91 Å². The van der Waals surface area contributed by atoms with Crippen LogP contribution >= 0.6 is 0 Å². The first-order valence-electron chi connectivity index (χ1n) is 6.58. The highest BCUT2D eigenvalue weighted by Crippen LogP contribution is 2.16. The number of carbonyl (C=O) groups is 1. The van der Waals surface area contributed by atoms with Crippen LogP contribution in [-0.4, -0.2) is 18.7 Å². The average Bonchev–Trinajstić information content (AvgIpc) is 2.34. The molecule has 0 bridgehead atoms. The Morgan fingerprint density at radius 1 is 1.10 bits per heavy atom. The van der Waals surface area contributed by atoms with Crippen molar-refractivity contribution in [2.75, 3.05) is 6.61 Å². The molecule has 0 aliphatic heterocycles. The minimum absolute atomic E-state index is 0.0555. The van der Waals surface area contributed by atoms with Gasteiger partial charge in [-0.15, -0.1) is 0 Å². The van der Waals surface area contributed by atoms with Crippen LogP contribution in [0.5, 0.6) is 0 Å². The summed E-state index contributed by atoms with van der Waals surface area (Å²) in [4.78, 5) is 11.7. The Morgan fingerprint density at radius 3 is 2.10 bits per heavy atom. The number of amides is 1. The first-order valence-corrected chi connectivity index (χ1v) is 6.58. The second kappa shape index (κ2) is 6.93. The van der Waals surface area contributed by atoms with Gasteiger partial charge in [-0.25, -0.2) is 0 Å². The molecule has 0 heterocycles. The highest BCUT2D eigenvalue weighted by Gasteiger charge is 2.27. The minimum atomic E-state index is -4.31. The Morgan fingerprint density at radius 2 is 1.62 bits per heavy atom. The normalized spacial score (nSPS) is 12.3. The summed E-state index contributed by atoms with van der Waals surface area (Å²) < 4.78 is 40.4. The zero-order valence-corrected chi connectivity index (χ0v) is 12.4. The largest absolute Gasteiger partial charge is 0.411 e. The van der Waals surface area contributed by atoms with E-state index in [9.17, 15) is 18.0 Å². The molecule has 0 aliphatic rings. The van der Waals surface area contributed by atoms with Crippen molar-refractivity contribution in [2.24, 2.45) is 5.41 Å². The van der Waals surface area contributed by atoms with Crippen LogP contribution in [-0.2, 0) is 22.7 Å². The molecule has 1 aromatic rings. The summed E-state index contributed by atoms with van der Waals surface area (Å²) in [5.74, 6) is -0.0555. The van der Waals surface area contributed by atoms with Crippen molar-refractivity contribution in [3.8, 4) is 0 Å². The SMILES string of the molecule is CC(C)(C)C(=O)NCc1ccc(COCC(F)(F)F)cc1.